The lowest BCUT2D eigenvalue weighted by molar-refractivity contribution is -0.126. The van der Waals surface area contributed by atoms with Crippen LogP contribution < -0.4 is 0 Å². The lowest BCUT2D eigenvalue weighted by Crippen LogP contribution is -2.48. The molecule has 0 aromatic rings. The fraction of sp³-hybridized carbons (Fsp3) is 0.769. The molecule has 0 aromatic carbocycles. The number of carbonyl (C=O) groups is 1. The monoisotopic (exact) mass is 190 g/mol. The van der Waals surface area contributed by atoms with Crippen molar-refractivity contribution in [2.24, 2.45) is 17.3 Å². The second-order valence-corrected chi connectivity index (χ2v) is 5.53. The minimum absolute atomic E-state index is 0.311. The van der Waals surface area contributed by atoms with Gasteiger partial charge < -0.3 is 0 Å². The van der Waals surface area contributed by atoms with Gasteiger partial charge in [0.2, 0.25) is 0 Å². The Morgan fingerprint density at radius 1 is 1.36 bits per heavy atom. The van der Waals surface area contributed by atoms with E-state index in [0.29, 0.717) is 23.0 Å². The van der Waals surface area contributed by atoms with Crippen LogP contribution in [0.1, 0.15) is 46.0 Å². The van der Waals surface area contributed by atoms with Gasteiger partial charge in [0.25, 0.3) is 0 Å². The van der Waals surface area contributed by atoms with E-state index in [-0.39, 0.29) is 0 Å². The van der Waals surface area contributed by atoms with Gasteiger partial charge in [0.05, 0.1) is 0 Å². The first-order chi connectivity index (χ1) is 6.64. The summed E-state index contributed by atoms with van der Waals surface area (Å²) < 4.78 is 0. The number of carbonyl (C=O) groups excluding carboxylic acids is 1. The van der Waals surface area contributed by atoms with E-state index in [4.69, 9.17) is 0 Å². The molecule has 1 heteroatoms. The highest BCUT2D eigenvalue weighted by molar-refractivity contribution is 6.00. The van der Waals surface area contributed by atoms with Gasteiger partial charge in [0.1, 0.15) is 0 Å². The number of Topliss-reactive ketones (excluding diaryl/α,β-unsaturated/α-hetero) is 1. The second kappa shape index (κ2) is 2.50. The van der Waals surface area contributed by atoms with E-state index in [9.17, 15) is 4.79 Å². The second-order valence-electron chi connectivity index (χ2n) is 5.53. The van der Waals surface area contributed by atoms with Gasteiger partial charge in [-0.25, -0.2) is 0 Å². The fourth-order valence-corrected chi connectivity index (χ4v) is 4.02. The highest BCUT2D eigenvalue weighted by Gasteiger charge is 2.54. The number of hydrogen-bond donors (Lipinski definition) is 0. The molecule has 0 spiro atoms. The maximum atomic E-state index is 12.1. The van der Waals surface area contributed by atoms with E-state index >= 15 is 0 Å². The molecule has 1 nitrogen and oxygen atoms in total. The zero-order valence-electron chi connectivity index (χ0n) is 9.10. The third kappa shape index (κ3) is 0.796. The molecule has 0 aromatic heterocycles. The van der Waals surface area contributed by atoms with Gasteiger partial charge in [-0.1, -0.05) is 19.4 Å². The number of allylic oxidation sites excluding steroid dienone is 2. The molecule has 76 valence electrons. The number of fused-ring (bicyclic) bond motifs is 2. The van der Waals surface area contributed by atoms with Crippen LogP contribution in [0.25, 0.3) is 0 Å². The van der Waals surface area contributed by atoms with Crippen LogP contribution in [0.4, 0.5) is 0 Å². The quantitative estimate of drug-likeness (QED) is 0.573. The van der Waals surface area contributed by atoms with Gasteiger partial charge in [-0.05, 0) is 49.0 Å². The van der Waals surface area contributed by atoms with Crippen LogP contribution in [0, 0.1) is 17.3 Å². The van der Waals surface area contributed by atoms with Crippen LogP contribution in [-0.4, -0.2) is 5.78 Å². The highest BCUT2D eigenvalue weighted by atomic mass is 16.1. The van der Waals surface area contributed by atoms with E-state index in [1.807, 2.05) is 0 Å². The summed E-state index contributed by atoms with van der Waals surface area (Å²) in [5.41, 5.74) is 3.21. The molecule has 1 fully saturated rings. The molecule has 0 N–H and O–H groups in total. The molecular formula is C13H18O. The van der Waals surface area contributed by atoms with Crippen molar-refractivity contribution in [1.82, 2.24) is 0 Å². The molecule has 1 saturated carbocycles. The van der Waals surface area contributed by atoms with Gasteiger partial charge >= 0.3 is 0 Å². The molecule has 3 atom stereocenters. The molecule has 0 unspecified atom stereocenters. The number of rotatable bonds is 0. The van der Waals surface area contributed by atoms with Crippen molar-refractivity contribution in [3.05, 3.63) is 11.1 Å². The molecule has 3 aliphatic carbocycles. The number of ketones is 1. The van der Waals surface area contributed by atoms with E-state index in [1.165, 1.54) is 31.3 Å². The minimum atomic E-state index is 0.311. The van der Waals surface area contributed by atoms with Crippen LogP contribution >= 0.6 is 0 Å². The maximum absolute atomic E-state index is 12.1. The summed E-state index contributed by atoms with van der Waals surface area (Å²) in [4.78, 5) is 12.1. The van der Waals surface area contributed by atoms with Crippen molar-refractivity contribution in [1.29, 1.82) is 0 Å². The average Bonchev–Trinajstić information content (AvgIpc) is 2.60. The first kappa shape index (κ1) is 8.70. The van der Waals surface area contributed by atoms with E-state index in [0.717, 1.165) is 6.42 Å². The van der Waals surface area contributed by atoms with Gasteiger partial charge in [-0.15, -0.1) is 0 Å². The summed E-state index contributed by atoms with van der Waals surface area (Å²) in [7, 11) is 0. The van der Waals surface area contributed by atoms with Gasteiger partial charge in [0.15, 0.2) is 5.78 Å². The summed E-state index contributed by atoms with van der Waals surface area (Å²) >= 11 is 0. The van der Waals surface area contributed by atoms with E-state index in [2.05, 4.69) is 13.8 Å². The van der Waals surface area contributed by atoms with Crippen molar-refractivity contribution >= 4 is 5.78 Å². The molecule has 0 bridgehead atoms. The predicted octanol–water partition coefficient (Wildman–Crippen LogP) is 3.10. The maximum Gasteiger partial charge on any atom is 0.161 e. The molecule has 14 heavy (non-hydrogen) atoms. The Morgan fingerprint density at radius 3 is 2.79 bits per heavy atom. The van der Waals surface area contributed by atoms with E-state index < -0.39 is 0 Å². The normalized spacial score (nSPS) is 46.0. The Bertz CT molecular complexity index is 339. The van der Waals surface area contributed by atoms with Crippen LogP contribution in [0.2, 0.25) is 0 Å². The Balaban J connectivity index is 2.12. The summed E-state index contributed by atoms with van der Waals surface area (Å²) in [5.74, 6) is 1.47. The van der Waals surface area contributed by atoms with Gasteiger partial charge in [0, 0.05) is 5.92 Å². The van der Waals surface area contributed by atoms with Crippen molar-refractivity contribution in [3.63, 3.8) is 0 Å². The summed E-state index contributed by atoms with van der Waals surface area (Å²) in [6, 6.07) is 0. The third-order valence-corrected chi connectivity index (χ3v) is 5.01. The molecule has 0 aliphatic heterocycles. The fourth-order valence-electron chi connectivity index (χ4n) is 4.02. The molecule has 0 amide bonds. The summed E-state index contributed by atoms with van der Waals surface area (Å²) in [5, 5.41) is 0. The smallest absolute Gasteiger partial charge is 0.161 e. The van der Waals surface area contributed by atoms with Crippen LogP contribution in [-0.2, 0) is 4.79 Å². The average molecular weight is 190 g/mol. The summed E-state index contributed by atoms with van der Waals surface area (Å²) in [6.45, 7) is 4.54. The van der Waals surface area contributed by atoms with Crippen molar-refractivity contribution < 1.29 is 4.79 Å². The van der Waals surface area contributed by atoms with Gasteiger partial charge in [-0.2, -0.15) is 0 Å². The topological polar surface area (TPSA) is 17.1 Å². The van der Waals surface area contributed by atoms with Crippen molar-refractivity contribution in [3.8, 4) is 0 Å². The SMILES string of the molecule is C[C@H]1C(=O)C2=C(CCC2)[C@@]2(C)CC[C@@H]12. The zero-order valence-corrected chi connectivity index (χ0v) is 9.10. The Labute approximate surface area is 85.6 Å². The lowest BCUT2D eigenvalue weighted by atomic mass is 9.49. The number of hydrogen-bond acceptors (Lipinski definition) is 1. The third-order valence-electron chi connectivity index (χ3n) is 5.01. The molecule has 0 radical (unpaired) electrons. The molecule has 0 heterocycles. The molecular weight excluding hydrogens is 172 g/mol. The predicted molar refractivity (Wildman–Crippen MR) is 55.9 cm³/mol. The lowest BCUT2D eigenvalue weighted by Gasteiger charge is -2.54. The van der Waals surface area contributed by atoms with Crippen molar-refractivity contribution in [2.45, 2.75) is 46.0 Å². The molecule has 3 aliphatic rings. The Morgan fingerprint density at radius 2 is 2.14 bits per heavy atom. The minimum Gasteiger partial charge on any atom is -0.294 e. The van der Waals surface area contributed by atoms with Crippen LogP contribution in [0.15, 0.2) is 11.1 Å². The Hall–Kier alpha value is -0.590. The first-order valence-corrected chi connectivity index (χ1v) is 5.91. The summed E-state index contributed by atoms with van der Waals surface area (Å²) in [6.07, 6.45) is 6.11. The van der Waals surface area contributed by atoms with Crippen molar-refractivity contribution in [2.75, 3.05) is 0 Å². The standard InChI is InChI=1S/C13H18O/c1-8-10-6-7-13(10,2)11-5-3-4-9(11)12(8)14/h8,10H,3-7H2,1-2H3/t8-,10+,13+/m1/s1. The molecule has 3 rings (SSSR count). The molecule has 0 saturated heterocycles. The van der Waals surface area contributed by atoms with Crippen LogP contribution in [0.3, 0.4) is 0 Å². The Kier molecular flexibility index (Phi) is 1.55. The van der Waals surface area contributed by atoms with E-state index in [1.54, 1.807) is 5.57 Å². The zero-order chi connectivity index (χ0) is 9.92. The van der Waals surface area contributed by atoms with Gasteiger partial charge in [-0.3, -0.25) is 4.79 Å². The van der Waals surface area contributed by atoms with Crippen LogP contribution in [0.5, 0.6) is 0 Å². The highest BCUT2D eigenvalue weighted by Crippen LogP contribution is 2.61. The first-order valence-electron chi connectivity index (χ1n) is 5.91. The largest absolute Gasteiger partial charge is 0.294 e.